The summed E-state index contributed by atoms with van der Waals surface area (Å²) in [6.07, 6.45) is 1.04. The third kappa shape index (κ3) is 4.77. The van der Waals surface area contributed by atoms with Gasteiger partial charge in [0.05, 0.1) is 17.7 Å². The van der Waals surface area contributed by atoms with Crippen molar-refractivity contribution < 1.29 is 24.2 Å². The van der Waals surface area contributed by atoms with Crippen LogP contribution in [-0.2, 0) is 9.59 Å². The zero-order valence-electron chi connectivity index (χ0n) is 16.1. The fraction of sp³-hybridized carbons (Fsp3) is 0.190. The minimum Gasteiger partial charge on any atom is -0.493 e. The summed E-state index contributed by atoms with van der Waals surface area (Å²) in [7, 11) is 1.46. The number of anilines is 1. The molecule has 1 heterocycles. The van der Waals surface area contributed by atoms with Crippen molar-refractivity contribution in [1.29, 1.82) is 0 Å². The first kappa shape index (κ1) is 22.1. The van der Waals surface area contributed by atoms with Crippen LogP contribution in [0.2, 0.25) is 5.02 Å². The fourth-order valence-corrected chi connectivity index (χ4v) is 4.27. The van der Waals surface area contributed by atoms with Crippen LogP contribution in [0.4, 0.5) is 5.69 Å². The molecule has 30 heavy (non-hydrogen) atoms. The van der Waals surface area contributed by atoms with Gasteiger partial charge in [-0.3, -0.25) is 9.69 Å². The Balaban J connectivity index is 1.87. The number of ether oxygens (including phenoxy) is 2. The Bertz CT molecular complexity index is 1040. The maximum Gasteiger partial charge on any atom is 0.344 e. The Labute approximate surface area is 188 Å². The molecule has 1 aliphatic heterocycles. The summed E-state index contributed by atoms with van der Waals surface area (Å²) in [5.74, 6) is -0.610. The average molecular weight is 464 g/mol. The number of halogens is 1. The van der Waals surface area contributed by atoms with Crippen molar-refractivity contribution in [3.8, 4) is 11.5 Å². The summed E-state index contributed by atoms with van der Waals surface area (Å²) in [6.45, 7) is 1.72. The molecule has 0 aromatic heterocycles. The van der Waals surface area contributed by atoms with Crippen molar-refractivity contribution in [2.24, 2.45) is 0 Å². The summed E-state index contributed by atoms with van der Waals surface area (Å²) >= 11 is 12.6. The molecule has 2 aromatic rings. The molecular formula is C21H18ClNO5S2. The van der Waals surface area contributed by atoms with Crippen LogP contribution in [0.15, 0.2) is 47.4 Å². The molecule has 0 bridgehead atoms. The second-order valence-corrected chi connectivity index (χ2v) is 8.37. The molecule has 6 nitrogen and oxygen atoms in total. The fourth-order valence-electron chi connectivity index (χ4n) is 2.79. The van der Waals surface area contributed by atoms with E-state index in [-0.39, 0.29) is 5.91 Å². The van der Waals surface area contributed by atoms with Crippen molar-refractivity contribution in [2.75, 3.05) is 12.0 Å². The van der Waals surface area contributed by atoms with Crippen molar-refractivity contribution in [1.82, 2.24) is 0 Å². The molecule has 3 rings (SSSR count). The molecule has 156 valence electrons. The quantitative estimate of drug-likeness (QED) is 0.457. The number of thioether (sulfide) groups is 1. The molecule has 0 radical (unpaired) electrons. The number of carbonyl (C=O) groups is 2. The van der Waals surface area contributed by atoms with Crippen LogP contribution < -0.4 is 14.4 Å². The highest BCUT2D eigenvalue weighted by molar-refractivity contribution is 8.27. The number of hydrogen-bond donors (Lipinski definition) is 1. The zero-order chi connectivity index (χ0) is 21.8. The van der Waals surface area contributed by atoms with E-state index in [9.17, 15) is 14.7 Å². The van der Waals surface area contributed by atoms with Gasteiger partial charge in [0.25, 0.3) is 5.91 Å². The molecule has 2 aromatic carbocycles. The van der Waals surface area contributed by atoms with E-state index in [1.807, 2.05) is 0 Å². The van der Waals surface area contributed by atoms with Crippen LogP contribution in [0.25, 0.3) is 6.08 Å². The van der Waals surface area contributed by atoms with Gasteiger partial charge in [-0.1, -0.05) is 54.6 Å². The summed E-state index contributed by atoms with van der Waals surface area (Å²) in [5, 5.41) is 9.70. The number of methoxy groups -OCH3 is 1. The largest absolute Gasteiger partial charge is 0.493 e. The molecule has 0 saturated carbocycles. The van der Waals surface area contributed by atoms with Crippen molar-refractivity contribution in [3.05, 3.63) is 58.0 Å². The van der Waals surface area contributed by atoms with Gasteiger partial charge in [0.15, 0.2) is 21.9 Å². The number of aliphatic carboxylic acids is 1. The van der Waals surface area contributed by atoms with Crippen LogP contribution in [0.3, 0.4) is 0 Å². The Morgan fingerprint density at radius 1 is 1.30 bits per heavy atom. The van der Waals surface area contributed by atoms with E-state index >= 15 is 0 Å². The second-order valence-electron chi connectivity index (χ2n) is 6.26. The van der Waals surface area contributed by atoms with Gasteiger partial charge in [0.2, 0.25) is 0 Å². The molecule has 0 spiro atoms. The lowest BCUT2D eigenvalue weighted by molar-refractivity contribution is -0.145. The Kier molecular flexibility index (Phi) is 7.02. The highest BCUT2D eigenvalue weighted by atomic mass is 35.5. The van der Waals surface area contributed by atoms with Gasteiger partial charge in [-0.15, -0.1) is 0 Å². The third-order valence-corrected chi connectivity index (χ3v) is 5.80. The monoisotopic (exact) mass is 463 g/mol. The lowest BCUT2D eigenvalue weighted by atomic mass is 10.1. The van der Waals surface area contributed by atoms with Crippen LogP contribution in [0.5, 0.6) is 11.5 Å². The van der Waals surface area contributed by atoms with E-state index < -0.39 is 12.1 Å². The first-order chi connectivity index (χ1) is 14.3. The first-order valence-electron chi connectivity index (χ1n) is 8.95. The Morgan fingerprint density at radius 2 is 2.07 bits per heavy atom. The zero-order valence-corrected chi connectivity index (χ0v) is 18.5. The van der Waals surface area contributed by atoms with Crippen LogP contribution >= 0.6 is 35.6 Å². The molecule has 1 amide bonds. The lowest BCUT2D eigenvalue weighted by Crippen LogP contribution is -2.27. The van der Waals surface area contributed by atoms with Crippen LogP contribution in [0.1, 0.15) is 18.9 Å². The topological polar surface area (TPSA) is 76.1 Å². The van der Waals surface area contributed by atoms with E-state index in [4.69, 9.17) is 33.3 Å². The smallest absolute Gasteiger partial charge is 0.344 e. The van der Waals surface area contributed by atoms with E-state index in [0.717, 1.165) is 0 Å². The molecule has 1 atom stereocenters. The van der Waals surface area contributed by atoms with E-state index in [0.29, 0.717) is 43.4 Å². The van der Waals surface area contributed by atoms with Gasteiger partial charge in [-0.05, 0) is 48.4 Å². The molecule has 0 aliphatic carbocycles. The van der Waals surface area contributed by atoms with Crippen LogP contribution in [-0.4, -0.2) is 34.5 Å². The third-order valence-electron chi connectivity index (χ3n) is 4.26. The second kappa shape index (κ2) is 9.51. The SMILES string of the molecule is CCC(Oc1ccc(/C=C2/SC(=S)N(c3cccc(Cl)c3)C2=O)cc1OC)C(=O)O. The number of carboxylic acids is 1. The lowest BCUT2D eigenvalue weighted by Gasteiger charge is -2.16. The highest BCUT2D eigenvalue weighted by Gasteiger charge is 2.33. The maximum absolute atomic E-state index is 12.9. The van der Waals surface area contributed by atoms with Crippen molar-refractivity contribution in [2.45, 2.75) is 19.4 Å². The number of carbonyl (C=O) groups excluding carboxylic acids is 1. The maximum atomic E-state index is 12.9. The van der Waals surface area contributed by atoms with E-state index in [1.54, 1.807) is 55.5 Å². The highest BCUT2D eigenvalue weighted by Crippen LogP contribution is 2.38. The first-order valence-corrected chi connectivity index (χ1v) is 10.5. The molecule has 1 saturated heterocycles. The molecule has 9 heteroatoms. The number of carboxylic acid groups (broad SMARTS) is 1. The van der Waals surface area contributed by atoms with Crippen LogP contribution in [0, 0.1) is 0 Å². The van der Waals surface area contributed by atoms with Gasteiger partial charge in [-0.25, -0.2) is 4.79 Å². The molecular weight excluding hydrogens is 446 g/mol. The number of hydrogen-bond acceptors (Lipinski definition) is 6. The average Bonchev–Trinajstić information content (AvgIpc) is 2.99. The number of rotatable bonds is 7. The van der Waals surface area contributed by atoms with Gasteiger partial charge in [0.1, 0.15) is 0 Å². The Morgan fingerprint density at radius 3 is 2.70 bits per heavy atom. The number of nitrogens with zero attached hydrogens (tertiary/aromatic N) is 1. The standard InChI is InChI=1S/C21H18ClNO5S2/c1-3-15(20(25)26)28-16-8-7-12(9-17(16)27-2)10-18-19(24)23(21(29)30-18)14-6-4-5-13(22)11-14/h4-11,15H,3H2,1-2H3,(H,25,26)/b18-10+. The summed E-state index contributed by atoms with van der Waals surface area (Å²) in [4.78, 5) is 26.0. The normalized spacial score (nSPS) is 16.1. The molecule has 1 fully saturated rings. The summed E-state index contributed by atoms with van der Waals surface area (Å²) in [6, 6.07) is 11.9. The number of thiocarbonyl (C=S) groups is 1. The van der Waals surface area contributed by atoms with E-state index in [1.165, 1.54) is 23.8 Å². The van der Waals surface area contributed by atoms with Gasteiger partial charge < -0.3 is 14.6 Å². The predicted molar refractivity (Wildman–Crippen MR) is 122 cm³/mol. The molecule has 1 unspecified atom stereocenters. The van der Waals surface area contributed by atoms with Gasteiger partial charge >= 0.3 is 5.97 Å². The number of benzene rings is 2. The van der Waals surface area contributed by atoms with Crippen molar-refractivity contribution in [3.63, 3.8) is 0 Å². The minimum absolute atomic E-state index is 0.247. The molecule has 1 aliphatic rings. The molecule has 1 N–H and O–H groups in total. The minimum atomic E-state index is -1.05. The number of amides is 1. The van der Waals surface area contributed by atoms with E-state index in [2.05, 4.69) is 0 Å². The Hall–Kier alpha value is -2.55. The van der Waals surface area contributed by atoms with Crippen molar-refractivity contribution >= 4 is 63.5 Å². The predicted octanol–water partition coefficient (Wildman–Crippen LogP) is 5.00. The van der Waals surface area contributed by atoms with Gasteiger partial charge in [0, 0.05) is 5.02 Å². The van der Waals surface area contributed by atoms with Gasteiger partial charge in [-0.2, -0.15) is 0 Å². The summed E-state index contributed by atoms with van der Waals surface area (Å²) < 4.78 is 11.3. The summed E-state index contributed by atoms with van der Waals surface area (Å²) in [5.41, 5.74) is 1.29.